The predicted molar refractivity (Wildman–Crippen MR) is 165 cm³/mol. The third-order valence-electron chi connectivity index (χ3n) is 7.66. The molecule has 200 valence electrons. The van der Waals surface area contributed by atoms with Crippen LogP contribution in [0.2, 0.25) is 0 Å². The number of hydrogen-bond acceptors (Lipinski definition) is 3. The monoisotopic (exact) mass is 536 g/mol. The highest BCUT2D eigenvalue weighted by molar-refractivity contribution is 7.19. The molecule has 5 aromatic rings. The standard InChI is InChI=1S/C35H36O3S/c1-20(2)28-17-26(33-27-15-11-10-14-25(27)19-31-32(33)22(5)23(6)39-31)18-29(21(3)4)34(28)38-30(35(36)37)16-24-12-8-7-9-13-24/h7-15,17-21,30H,16H2,1-6H3,(H,36,37). The zero-order chi connectivity index (χ0) is 27.8. The molecule has 0 radical (unpaired) electrons. The molecule has 0 aliphatic carbocycles. The van der Waals surface area contributed by atoms with Gasteiger partial charge in [-0.3, -0.25) is 0 Å². The second-order valence-corrected chi connectivity index (χ2v) is 12.3. The van der Waals surface area contributed by atoms with E-state index in [0.29, 0.717) is 12.2 Å². The van der Waals surface area contributed by atoms with Crippen molar-refractivity contribution in [2.45, 2.75) is 65.9 Å². The van der Waals surface area contributed by atoms with Crippen LogP contribution in [0.3, 0.4) is 0 Å². The van der Waals surface area contributed by atoms with Gasteiger partial charge in [0.25, 0.3) is 0 Å². The highest BCUT2D eigenvalue weighted by atomic mass is 32.1. The van der Waals surface area contributed by atoms with Crippen LogP contribution >= 0.6 is 11.3 Å². The molecule has 4 aromatic carbocycles. The van der Waals surface area contributed by atoms with Crippen molar-refractivity contribution in [1.82, 2.24) is 0 Å². The normalized spacial score (nSPS) is 12.5. The molecular formula is C35H36O3S. The number of carboxylic acids is 1. The second kappa shape index (κ2) is 10.9. The minimum Gasteiger partial charge on any atom is -0.478 e. The first-order chi connectivity index (χ1) is 18.7. The van der Waals surface area contributed by atoms with E-state index in [9.17, 15) is 9.90 Å². The fraction of sp³-hybridized carbons (Fsp3) is 0.286. The molecule has 0 amide bonds. The molecule has 0 aliphatic heterocycles. The Hall–Kier alpha value is -3.63. The highest BCUT2D eigenvalue weighted by Crippen LogP contribution is 2.46. The lowest BCUT2D eigenvalue weighted by molar-refractivity contribution is -0.145. The molecule has 1 unspecified atom stereocenters. The molecule has 39 heavy (non-hydrogen) atoms. The summed E-state index contributed by atoms with van der Waals surface area (Å²) in [4.78, 5) is 13.7. The quantitative estimate of drug-likeness (QED) is 0.215. The number of aliphatic carboxylic acids is 1. The molecule has 0 aliphatic rings. The van der Waals surface area contributed by atoms with Gasteiger partial charge in [-0.15, -0.1) is 11.3 Å². The van der Waals surface area contributed by atoms with Crippen molar-refractivity contribution in [2.24, 2.45) is 0 Å². The van der Waals surface area contributed by atoms with E-state index in [1.165, 1.54) is 36.9 Å². The first kappa shape index (κ1) is 27.0. The van der Waals surface area contributed by atoms with E-state index in [0.717, 1.165) is 22.3 Å². The summed E-state index contributed by atoms with van der Waals surface area (Å²) in [6.07, 6.45) is -0.663. The Labute approximate surface area is 235 Å². The molecule has 0 bridgehead atoms. The van der Waals surface area contributed by atoms with Gasteiger partial charge >= 0.3 is 5.97 Å². The van der Waals surface area contributed by atoms with Gasteiger partial charge in [0.1, 0.15) is 5.75 Å². The van der Waals surface area contributed by atoms with Crippen LogP contribution in [0.25, 0.3) is 32.0 Å². The van der Waals surface area contributed by atoms with Crippen LogP contribution in [0.15, 0.2) is 72.8 Å². The van der Waals surface area contributed by atoms with Crippen LogP contribution in [0, 0.1) is 13.8 Å². The van der Waals surface area contributed by atoms with Crippen LogP contribution in [0.5, 0.6) is 5.75 Å². The minimum atomic E-state index is -0.973. The zero-order valence-corrected chi connectivity index (χ0v) is 24.4. The van der Waals surface area contributed by atoms with Crippen LogP contribution in [-0.2, 0) is 11.2 Å². The van der Waals surface area contributed by atoms with Gasteiger partial charge in [0.15, 0.2) is 6.10 Å². The van der Waals surface area contributed by atoms with Gasteiger partial charge in [-0.25, -0.2) is 4.79 Å². The van der Waals surface area contributed by atoms with E-state index in [2.05, 4.69) is 84.0 Å². The molecule has 1 N–H and O–H groups in total. The van der Waals surface area contributed by atoms with E-state index in [4.69, 9.17) is 4.74 Å². The summed E-state index contributed by atoms with van der Waals surface area (Å²) in [5.41, 5.74) is 6.76. The average Bonchev–Trinajstić information content (AvgIpc) is 3.19. The van der Waals surface area contributed by atoms with Gasteiger partial charge in [-0.05, 0) is 88.0 Å². The van der Waals surface area contributed by atoms with Crippen molar-refractivity contribution in [1.29, 1.82) is 0 Å². The maximum absolute atomic E-state index is 12.4. The number of carboxylic acid groups (broad SMARTS) is 1. The van der Waals surface area contributed by atoms with Crippen molar-refractivity contribution in [3.05, 3.63) is 99.9 Å². The summed E-state index contributed by atoms with van der Waals surface area (Å²) >= 11 is 1.85. The molecule has 1 atom stereocenters. The lowest BCUT2D eigenvalue weighted by Gasteiger charge is -2.25. The SMILES string of the molecule is Cc1sc2cc3ccccc3c(-c3cc(C(C)C)c(OC(Cc4ccccc4)C(=O)O)c(C(C)C)c3)c2c1C. The number of fused-ring (bicyclic) bond motifs is 2. The minimum absolute atomic E-state index is 0.152. The van der Waals surface area contributed by atoms with E-state index < -0.39 is 12.1 Å². The van der Waals surface area contributed by atoms with Crippen molar-refractivity contribution in [2.75, 3.05) is 0 Å². The van der Waals surface area contributed by atoms with Crippen molar-refractivity contribution >= 4 is 38.2 Å². The Morgan fingerprint density at radius 2 is 1.49 bits per heavy atom. The van der Waals surface area contributed by atoms with Crippen LogP contribution in [-0.4, -0.2) is 17.2 Å². The molecule has 5 rings (SSSR count). The Balaban J connectivity index is 1.74. The first-order valence-corrected chi connectivity index (χ1v) is 14.5. The van der Waals surface area contributed by atoms with E-state index >= 15 is 0 Å². The van der Waals surface area contributed by atoms with Crippen molar-refractivity contribution < 1.29 is 14.6 Å². The number of aryl methyl sites for hydroxylation is 2. The number of carbonyl (C=O) groups is 1. The van der Waals surface area contributed by atoms with Crippen LogP contribution in [0.1, 0.15) is 66.7 Å². The zero-order valence-electron chi connectivity index (χ0n) is 23.5. The summed E-state index contributed by atoms with van der Waals surface area (Å²) in [5.74, 6) is 0.0630. The van der Waals surface area contributed by atoms with Crippen LogP contribution < -0.4 is 4.74 Å². The number of ether oxygens (including phenoxy) is 1. The Morgan fingerprint density at radius 1 is 0.872 bits per heavy atom. The number of thiophene rings is 1. The van der Waals surface area contributed by atoms with Crippen LogP contribution in [0.4, 0.5) is 0 Å². The number of benzene rings is 4. The lowest BCUT2D eigenvalue weighted by Crippen LogP contribution is -2.30. The molecule has 1 aromatic heterocycles. The third kappa shape index (κ3) is 5.18. The van der Waals surface area contributed by atoms with Gasteiger partial charge in [0, 0.05) is 21.4 Å². The summed E-state index contributed by atoms with van der Waals surface area (Å²) in [6, 6.07) is 25.1. The second-order valence-electron chi connectivity index (χ2n) is 11.1. The van der Waals surface area contributed by atoms with Crippen molar-refractivity contribution in [3.63, 3.8) is 0 Å². The summed E-state index contributed by atoms with van der Waals surface area (Å²) < 4.78 is 7.76. The molecule has 0 fully saturated rings. The Morgan fingerprint density at radius 3 is 2.10 bits per heavy atom. The maximum Gasteiger partial charge on any atom is 0.345 e. The largest absolute Gasteiger partial charge is 0.478 e. The Bertz CT molecular complexity index is 1630. The molecule has 0 spiro atoms. The van der Waals surface area contributed by atoms with Gasteiger partial charge in [0.05, 0.1) is 0 Å². The predicted octanol–water partition coefficient (Wildman–Crippen LogP) is 9.66. The molecular weight excluding hydrogens is 500 g/mol. The Kier molecular flexibility index (Phi) is 7.51. The highest BCUT2D eigenvalue weighted by Gasteiger charge is 2.26. The summed E-state index contributed by atoms with van der Waals surface area (Å²) in [5, 5.41) is 13.9. The van der Waals surface area contributed by atoms with Gasteiger partial charge in [0.2, 0.25) is 0 Å². The first-order valence-electron chi connectivity index (χ1n) is 13.7. The van der Waals surface area contributed by atoms with E-state index in [1.807, 2.05) is 41.7 Å². The lowest BCUT2D eigenvalue weighted by atomic mass is 9.86. The smallest absolute Gasteiger partial charge is 0.345 e. The van der Waals surface area contributed by atoms with Gasteiger partial charge < -0.3 is 9.84 Å². The maximum atomic E-state index is 12.4. The molecule has 0 saturated heterocycles. The van der Waals surface area contributed by atoms with Gasteiger partial charge in [-0.1, -0.05) is 82.3 Å². The number of rotatable bonds is 8. The summed E-state index contributed by atoms with van der Waals surface area (Å²) in [7, 11) is 0. The fourth-order valence-electron chi connectivity index (χ4n) is 5.45. The number of hydrogen-bond donors (Lipinski definition) is 1. The van der Waals surface area contributed by atoms with E-state index in [1.54, 1.807) is 0 Å². The fourth-order valence-corrected chi connectivity index (χ4v) is 6.58. The third-order valence-corrected chi connectivity index (χ3v) is 8.81. The molecule has 3 nitrogen and oxygen atoms in total. The van der Waals surface area contributed by atoms with E-state index in [-0.39, 0.29) is 11.8 Å². The molecule has 0 saturated carbocycles. The van der Waals surface area contributed by atoms with Gasteiger partial charge in [-0.2, -0.15) is 0 Å². The molecule has 4 heteroatoms. The topological polar surface area (TPSA) is 46.5 Å². The molecule has 1 heterocycles. The summed E-state index contributed by atoms with van der Waals surface area (Å²) in [6.45, 7) is 13.0. The van der Waals surface area contributed by atoms with Crippen molar-refractivity contribution in [3.8, 4) is 16.9 Å². The average molecular weight is 537 g/mol.